The predicted molar refractivity (Wildman–Crippen MR) is 98.5 cm³/mol. The van der Waals surface area contributed by atoms with Crippen molar-refractivity contribution in [2.75, 3.05) is 14.2 Å². The van der Waals surface area contributed by atoms with Gasteiger partial charge in [-0.05, 0) is 61.9 Å². The highest BCUT2D eigenvalue weighted by atomic mass is 16.5. The molecule has 0 saturated carbocycles. The van der Waals surface area contributed by atoms with Crippen LogP contribution in [0.4, 0.5) is 0 Å². The summed E-state index contributed by atoms with van der Waals surface area (Å²) in [4.78, 5) is 18.2. The van der Waals surface area contributed by atoms with Crippen LogP contribution in [0.15, 0.2) is 42.7 Å². The van der Waals surface area contributed by atoms with E-state index < -0.39 is 0 Å². The molecule has 1 aromatic heterocycles. The van der Waals surface area contributed by atoms with Gasteiger partial charge in [-0.2, -0.15) is 0 Å². The first kappa shape index (κ1) is 17.2. The van der Waals surface area contributed by atoms with Crippen molar-refractivity contribution in [2.24, 2.45) is 0 Å². The number of rotatable bonds is 5. The third-order valence-corrected chi connectivity index (χ3v) is 4.46. The second-order valence-corrected chi connectivity index (χ2v) is 6.48. The van der Waals surface area contributed by atoms with Gasteiger partial charge in [-0.25, -0.2) is 9.78 Å². The monoisotopic (exact) mass is 337 g/mol. The molecule has 0 N–H and O–H groups in total. The lowest BCUT2D eigenvalue weighted by Gasteiger charge is -2.18. The molecule has 0 fully saturated rings. The smallest absolute Gasteiger partial charge is 0.337 e. The summed E-state index contributed by atoms with van der Waals surface area (Å²) in [5, 5.41) is 0. The van der Waals surface area contributed by atoms with Crippen molar-refractivity contribution in [3.05, 3.63) is 65.0 Å². The number of hydrogen-bond acceptors (Lipinski definition) is 4. The maximum Gasteiger partial charge on any atom is 0.337 e. The maximum atomic E-state index is 11.5. The van der Waals surface area contributed by atoms with E-state index in [-0.39, 0.29) is 5.97 Å². The van der Waals surface area contributed by atoms with Crippen molar-refractivity contribution in [3.8, 4) is 0 Å². The molecule has 0 saturated heterocycles. The number of aryl methyl sites for hydroxylation is 2. The Kier molecular flexibility index (Phi) is 4.86. The number of benzene rings is 2. The number of aromatic nitrogens is 2. The van der Waals surface area contributed by atoms with Gasteiger partial charge >= 0.3 is 5.97 Å². The Bertz CT molecular complexity index is 897. The number of nitrogens with zero attached hydrogens (tertiary/aromatic N) is 3. The van der Waals surface area contributed by atoms with E-state index in [4.69, 9.17) is 4.74 Å². The lowest BCUT2D eigenvalue weighted by Crippen LogP contribution is -2.21. The van der Waals surface area contributed by atoms with E-state index in [0.717, 1.165) is 29.8 Å². The molecule has 0 bridgehead atoms. The molecular weight excluding hydrogens is 314 g/mol. The molecule has 25 heavy (non-hydrogen) atoms. The van der Waals surface area contributed by atoms with E-state index in [2.05, 4.69) is 47.5 Å². The summed E-state index contributed by atoms with van der Waals surface area (Å²) in [7, 11) is 3.46. The Hall–Kier alpha value is -2.66. The standard InChI is InChI=1S/C20H23N3O2/c1-14-9-18-19(10-15(14)2)23(12-21-18)13-22(3)11-16-5-7-17(8-6-16)20(24)25-4/h5-10,12H,11,13H2,1-4H3. The molecule has 0 aliphatic rings. The first-order valence-corrected chi connectivity index (χ1v) is 8.26. The van der Waals surface area contributed by atoms with Gasteiger partial charge < -0.3 is 9.30 Å². The van der Waals surface area contributed by atoms with Gasteiger partial charge in [0.15, 0.2) is 0 Å². The summed E-state index contributed by atoms with van der Waals surface area (Å²) in [5.41, 5.74) is 6.42. The highest BCUT2D eigenvalue weighted by Crippen LogP contribution is 2.19. The van der Waals surface area contributed by atoms with Crippen molar-refractivity contribution in [3.63, 3.8) is 0 Å². The maximum absolute atomic E-state index is 11.5. The lowest BCUT2D eigenvalue weighted by molar-refractivity contribution is 0.0600. The van der Waals surface area contributed by atoms with Gasteiger partial charge in [-0.15, -0.1) is 0 Å². The summed E-state index contributed by atoms with van der Waals surface area (Å²) in [6.45, 7) is 5.76. The Labute approximate surface area is 147 Å². The fourth-order valence-electron chi connectivity index (χ4n) is 2.91. The Balaban J connectivity index is 1.71. The van der Waals surface area contributed by atoms with E-state index in [1.807, 2.05) is 18.5 Å². The fraction of sp³-hybridized carbons (Fsp3) is 0.300. The molecule has 0 atom stereocenters. The number of methoxy groups -OCH3 is 1. The van der Waals surface area contributed by atoms with E-state index >= 15 is 0 Å². The van der Waals surface area contributed by atoms with Gasteiger partial charge in [0.25, 0.3) is 0 Å². The van der Waals surface area contributed by atoms with Crippen LogP contribution in [0, 0.1) is 13.8 Å². The number of hydrogen-bond donors (Lipinski definition) is 0. The highest BCUT2D eigenvalue weighted by molar-refractivity contribution is 5.89. The molecule has 0 unspecified atom stereocenters. The van der Waals surface area contributed by atoms with Crippen LogP contribution in [0.2, 0.25) is 0 Å². The average Bonchev–Trinajstić information content (AvgIpc) is 2.97. The summed E-state index contributed by atoms with van der Waals surface area (Å²) >= 11 is 0. The fourth-order valence-corrected chi connectivity index (χ4v) is 2.91. The number of imidazole rings is 1. The quantitative estimate of drug-likeness (QED) is 0.668. The van der Waals surface area contributed by atoms with Gasteiger partial charge in [0.1, 0.15) is 0 Å². The Morgan fingerprint density at radius 1 is 1.16 bits per heavy atom. The van der Waals surface area contributed by atoms with Crippen molar-refractivity contribution in [1.82, 2.24) is 14.5 Å². The SMILES string of the molecule is COC(=O)c1ccc(CN(C)Cn2cnc3cc(C)c(C)cc32)cc1. The van der Waals surface area contributed by atoms with Crippen LogP contribution < -0.4 is 0 Å². The molecule has 0 aliphatic carbocycles. The van der Waals surface area contributed by atoms with Crippen molar-refractivity contribution in [1.29, 1.82) is 0 Å². The van der Waals surface area contributed by atoms with E-state index in [9.17, 15) is 4.79 Å². The molecular formula is C20H23N3O2. The van der Waals surface area contributed by atoms with Gasteiger partial charge in [-0.1, -0.05) is 12.1 Å². The molecule has 0 spiro atoms. The molecule has 5 nitrogen and oxygen atoms in total. The number of carbonyl (C=O) groups excluding carboxylic acids is 1. The van der Waals surface area contributed by atoms with Crippen molar-refractivity contribution in [2.45, 2.75) is 27.1 Å². The molecule has 0 amide bonds. The van der Waals surface area contributed by atoms with Gasteiger partial charge in [0.2, 0.25) is 0 Å². The van der Waals surface area contributed by atoms with Crippen molar-refractivity contribution < 1.29 is 9.53 Å². The number of ether oxygens (including phenoxy) is 1. The third-order valence-electron chi connectivity index (χ3n) is 4.46. The second kappa shape index (κ2) is 7.07. The van der Waals surface area contributed by atoms with Crippen LogP contribution in [0.1, 0.15) is 27.0 Å². The first-order chi connectivity index (χ1) is 12.0. The number of carbonyl (C=O) groups is 1. The molecule has 3 rings (SSSR count). The van der Waals surface area contributed by atoms with Crippen LogP contribution >= 0.6 is 0 Å². The van der Waals surface area contributed by atoms with Crippen LogP contribution in [-0.4, -0.2) is 34.6 Å². The molecule has 3 aromatic rings. The van der Waals surface area contributed by atoms with Gasteiger partial charge in [0.05, 0.1) is 36.7 Å². The van der Waals surface area contributed by atoms with Crippen LogP contribution in [0.25, 0.3) is 11.0 Å². The predicted octanol–water partition coefficient (Wildman–Crippen LogP) is 3.53. The summed E-state index contributed by atoms with van der Waals surface area (Å²) in [5.74, 6) is -0.310. The largest absolute Gasteiger partial charge is 0.465 e. The van der Waals surface area contributed by atoms with E-state index in [1.165, 1.54) is 18.2 Å². The van der Waals surface area contributed by atoms with Crippen LogP contribution in [0.5, 0.6) is 0 Å². The third kappa shape index (κ3) is 3.72. The van der Waals surface area contributed by atoms with Gasteiger partial charge in [-0.3, -0.25) is 4.90 Å². The zero-order valence-electron chi connectivity index (χ0n) is 15.1. The van der Waals surface area contributed by atoms with Crippen molar-refractivity contribution >= 4 is 17.0 Å². The van der Waals surface area contributed by atoms with Crippen LogP contribution in [0.3, 0.4) is 0 Å². The van der Waals surface area contributed by atoms with Crippen LogP contribution in [-0.2, 0) is 18.0 Å². The highest BCUT2D eigenvalue weighted by Gasteiger charge is 2.09. The molecule has 5 heteroatoms. The minimum Gasteiger partial charge on any atom is -0.465 e. The molecule has 2 aromatic carbocycles. The zero-order chi connectivity index (χ0) is 18.0. The molecule has 130 valence electrons. The lowest BCUT2D eigenvalue weighted by atomic mass is 10.1. The number of esters is 1. The first-order valence-electron chi connectivity index (χ1n) is 8.26. The summed E-state index contributed by atoms with van der Waals surface area (Å²) < 4.78 is 6.88. The molecule has 1 heterocycles. The summed E-state index contributed by atoms with van der Waals surface area (Å²) in [6, 6.07) is 11.8. The van der Waals surface area contributed by atoms with E-state index in [0.29, 0.717) is 5.56 Å². The molecule has 0 aliphatic heterocycles. The average molecular weight is 337 g/mol. The minimum absolute atomic E-state index is 0.310. The second-order valence-electron chi connectivity index (χ2n) is 6.48. The molecule has 0 radical (unpaired) electrons. The number of fused-ring (bicyclic) bond motifs is 1. The van der Waals surface area contributed by atoms with E-state index in [1.54, 1.807) is 12.1 Å². The topological polar surface area (TPSA) is 47.4 Å². The normalized spacial score (nSPS) is 11.2. The summed E-state index contributed by atoms with van der Waals surface area (Å²) in [6.07, 6.45) is 1.89. The zero-order valence-corrected chi connectivity index (χ0v) is 15.1. The minimum atomic E-state index is -0.310. The van der Waals surface area contributed by atoms with Gasteiger partial charge in [0, 0.05) is 6.54 Å². The Morgan fingerprint density at radius 2 is 1.84 bits per heavy atom. The Morgan fingerprint density at radius 3 is 2.52 bits per heavy atom.